The van der Waals surface area contributed by atoms with Crippen LogP contribution in [0.5, 0.6) is 11.6 Å². The molecule has 0 bridgehead atoms. The molecule has 2 N–H and O–H groups in total. The molecule has 7 nitrogen and oxygen atoms in total. The summed E-state index contributed by atoms with van der Waals surface area (Å²) in [5.74, 6) is -0.354. The summed E-state index contributed by atoms with van der Waals surface area (Å²) in [5, 5.41) is 11.5. The SMILES string of the molecule is Cc1cc(OCC(=O)O)ccc1NC(=O)c1ccc(OC2CCCC2)nc1. The molecule has 0 saturated heterocycles. The molecule has 1 amide bonds. The van der Waals surface area contributed by atoms with Gasteiger partial charge in [0.1, 0.15) is 11.9 Å². The third kappa shape index (κ3) is 5.20. The predicted octanol–water partition coefficient (Wildman–Crippen LogP) is 3.43. The summed E-state index contributed by atoms with van der Waals surface area (Å²) in [6, 6.07) is 8.36. The van der Waals surface area contributed by atoms with Crippen molar-refractivity contribution in [2.24, 2.45) is 0 Å². The van der Waals surface area contributed by atoms with Crippen molar-refractivity contribution in [1.82, 2.24) is 4.98 Å². The highest BCUT2D eigenvalue weighted by Gasteiger charge is 2.17. The normalized spacial score (nSPS) is 14.0. The van der Waals surface area contributed by atoms with Crippen LogP contribution >= 0.6 is 0 Å². The summed E-state index contributed by atoms with van der Waals surface area (Å²) in [6.45, 7) is 1.39. The number of amides is 1. The van der Waals surface area contributed by atoms with Gasteiger partial charge in [-0.1, -0.05) is 0 Å². The first-order valence-electron chi connectivity index (χ1n) is 8.90. The Hall–Kier alpha value is -3.09. The third-order valence-electron chi connectivity index (χ3n) is 4.40. The van der Waals surface area contributed by atoms with Crippen molar-refractivity contribution in [2.75, 3.05) is 11.9 Å². The number of hydrogen-bond donors (Lipinski definition) is 2. The number of aryl methyl sites for hydroxylation is 1. The number of aliphatic carboxylic acids is 1. The van der Waals surface area contributed by atoms with Crippen LogP contribution in [-0.2, 0) is 4.79 Å². The fraction of sp³-hybridized carbons (Fsp3) is 0.350. The standard InChI is InChI=1S/C20H22N2O5/c1-13-10-16(26-12-19(23)24)7-8-17(13)22-20(25)14-6-9-18(21-11-14)27-15-4-2-3-5-15/h6-11,15H,2-5,12H2,1H3,(H,22,25)(H,23,24). The number of hydrogen-bond acceptors (Lipinski definition) is 5. The molecule has 1 aromatic heterocycles. The topological polar surface area (TPSA) is 97.8 Å². The molecule has 0 radical (unpaired) electrons. The van der Waals surface area contributed by atoms with Gasteiger partial charge in [0.25, 0.3) is 5.91 Å². The van der Waals surface area contributed by atoms with Gasteiger partial charge in [-0.2, -0.15) is 0 Å². The molecule has 0 unspecified atom stereocenters. The van der Waals surface area contributed by atoms with Gasteiger partial charge in [0.15, 0.2) is 6.61 Å². The number of carboxylic acids is 1. The first-order valence-corrected chi connectivity index (χ1v) is 8.90. The summed E-state index contributed by atoms with van der Waals surface area (Å²) >= 11 is 0. The molecule has 3 rings (SSSR count). The fourth-order valence-electron chi connectivity index (χ4n) is 2.97. The molecular weight excluding hydrogens is 348 g/mol. The predicted molar refractivity (Wildman–Crippen MR) is 99.4 cm³/mol. The van der Waals surface area contributed by atoms with E-state index in [-0.39, 0.29) is 12.0 Å². The number of carboxylic acid groups (broad SMARTS) is 1. The maximum Gasteiger partial charge on any atom is 0.341 e. The van der Waals surface area contributed by atoms with Gasteiger partial charge in [0.2, 0.25) is 5.88 Å². The van der Waals surface area contributed by atoms with E-state index in [2.05, 4.69) is 10.3 Å². The Bertz CT molecular complexity index is 814. The van der Waals surface area contributed by atoms with Crippen LogP contribution in [0.15, 0.2) is 36.5 Å². The van der Waals surface area contributed by atoms with Crippen molar-refractivity contribution in [3.8, 4) is 11.6 Å². The molecule has 27 heavy (non-hydrogen) atoms. The number of benzene rings is 1. The number of nitrogens with one attached hydrogen (secondary N) is 1. The average molecular weight is 370 g/mol. The molecule has 7 heteroatoms. The number of ether oxygens (including phenoxy) is 2. The van der Waals surface area contributed by atoms with Gasteiger partial charge in [0, 0.05) is 18.0 Å². The smallest absolute Gasteiger partial charge is 0.341 e. The second-order valence-electron chi connectivity index (χ2n) is 6.52. The molecule has 1 saturated carbocycles. The zero-order valence-electron chi connectivity index (χ0n) is 15.1. The Labute approximate surface area is 157 Å². The molecule has 0 spiro atoms. The van der Waals surface area contributed by atoms with Crippen LogP contribution in [0.25, 0.3) is 0 Å². The molecule has 0 aliphatic heterocycles. The van der Waals surface area contributed by atoms with Gasteiger partial charge in [-0.3, -0.25) is 4.79 Å². The Morgan fingerprint density at radius 2 is 2.00 bits per heavy atom. The number of aromatic nitrogens is 1. The number of rotatable bonds is 7. The minimum Gasteiger partial charge on any atom is -0.482 e. The zero-order chi connectivity index (χ0) is 19.2. The number of nitrogens with zero attached hydrogens (tertiary/aromatic N) is 1. The highest BCUT2D eigenvalue weighted by Crippen LogP contribution is 2.24. The summed E-state index contributed by atoms with van der Waals surface area (Å²) in [7, 11) is 0. The van der Waals surface area contributed by atoms with Gasteiger partial charge in [-0.05, 0) is 62.4 Å². The zero-order valence-corrected chi connectivity index (χ0v) is 15.1. The van der Waals surface area contributed by atoms with Crippen LogP contribution in [0.3, 0.4) is 0 Å². The minimum atomic E-state index is -1.04. The average Bonchev–Trinajstić information content (AvgIpc) is 3.15. The van der Waals surface area contributed by atoms with E-state index in [9.17, 15) is 9.59 Å². The van der Waals surface area contributed by atoms with Gasteiger partial charge >= 0.3 is 5.97 Å². The third-order valence-corrected chi connectivity index (χ3v) is 4.40. The highest BCUT2D eigenvalue weighted by atomic mass is 16.5. The molecule has 142 valence electrons. The maximum atomic E-state index is 12.4. The number of carbonyl (C=O) groups is 2. The lowest BCUT2D eigenvalue weighted by molar-refractivity contribution is -0.139. The van der Waals surface area contributed by atoms with Gasteiger partial charge < -0.3 is 19.9 Å². The highest BCUT2D eigenvalue weighted by molar-refractivity contribution is 6.04. The van der Waals surface area contributed by atoms with E-state index in [1.807, 2.05) is 0 Å². The Morgan fingerprint density at radius 3 is 2.63 bits per heavy atom. The lowest BCUT2D eigenvalue weighted by Gasteiger charge is -2.13. The van der Waals surface area contributed by atoms with Crippen molar-refractivity contribution in [3.05, 3.63) is 47.7 Å². The van der Waals surface area contributed by atoms with E-state index in [4.69, 9.17) is 14.6 Å². The fourth-order valence-corrected chi connectivity index (χ4v) is 2.97. The van der Waals surface area contributed by atoms with Gasteiger partial charge in [-0.25, -0.2) is 9.78 Å². The van der Waals surface area contributed by atoms with E-state index in [0.717, 1.165) is 18.4 Å². The van der Waals surface area contributed by atoms with Crippen molar-refractivity contribution in [1.29, 1.82) is 0 Å². The largest absolute Gasteiger partial charge is 0.482 e. The first kappa shape index (κ1) is 18.7. The van der Waals surface area contributed by atoms with Crippen molar-refractivity contribution in [3.63, 3.8) is 0 Å². The molecule has 2 aromatic rings. The van der Waals surface area contributed by atoms with E-state index < -0.39 is 12.6 Å². The molecule has 1 aliphatic rings. The second kappa shape index (κ2) is 8.53. The molecule has 1 aliphatic carbocycles. The summed E-state index contributed by atoms with van der Waals surface area (Å²) in [5.41, 5.74) is 1.81. The quantitative estimate of drug-likeness (QED) is 0.775. The molecular formula is C20H22N2O5. The van der Waals surface area contributed by atoms with Crippen LogP contribution < -0.4 is 14.8 Å². The molecule has 0 atom stereocenters. The van der Waals surface area contributed by atoms with E-state index >= 15 is 0 Å². The van der Waals surface area contributed by atoms with E-state index in [1.165, 1.54) is 19.0 Å². The molecule has 1 heterocycles. The van der Waals surface area contributed by atoms with Crippen LogP contribution in [0.2, 0.25) is 0 Å². The molecule has 1 aromatic carbocycles. The van der Waals surface area contributed by atoms with Crippen molar-refractivity contribution < 1.29 is 24.2 Å². The monoisotopic (exact) mass is 370 g/mol. The minimum absolute atomic E-state index is 0.224. The van der Waals surface area contributed by atoms with Crippen LogP contribution in [0, 0.1) is 6.92 Å². The number of carbonyl (C=O) groups excluding carboxylic acids is 1. The number of pyridine rings is 1. The Morgan fingerprint density at radius 1 is 1.22 bits per heavy atom. The maximum absolute atomic E-state index is 12.4. The van der Waals surface area contributed by atoms with Gasteiger partial charge in [-0.15, -0.1) is 0 Å². The summed E-state index contributed by atoms with van der Waals surface area (Å²) < 4.78 is 10.9. The van der Waals surface area contributed by atoms with Crippen molar-refractivity contribution >= 4 is 17.6 Å². The van der Waals surface area contributed by atoms with Crippen LogP contribution in [0.4, 0.5) is 5.69 Å². The number of anilines is 1. The van der Waals surface area contributed by atoms with Crippen molar-refractivity contribution in [2.45, 2.75) is 38.7 Å². The first-order chi connectivity index (χ1) is 13.0. The molecule has 1 fully saturated rings. The second-order valence-corrected chi connectivity index (χ2v) is 6.52. The lowest BCUT2D eigenvalue weighted by atomic mass is 10.1. The van der Waals surface area contributed by atoms with E-state index in [1.54, 1.807) is 37.3 Å². The summed E-state index contributed by atoms with van der Waals surface area (Å²) in [6.07, 6.45) is 6.20. The lowest BCUT2D eigenvalue weighted by Crippen LogP contribution is -2.15. The van der Waals surface area contributed by atoms with Crippen LogP contribution in [0.1, 0.15) is 41.6 Å². The Kier molecular flexibility index (Phi) is 5.90. The van der Waals surface area contributed by atoms with E-state index in [0.29, 0.717) is 22.9 Å². The Balaban J connectivity index is 1.60. The van der Waals surface area contributed by atoms with Gasteiger partial charge in [0.05, 0.1) is 5.56 Å². The summed E-state index contributed by atoms with van der Waals surface area (Å²) in [4.78, 5) is 27.2. The van der Waals surface area contributed by atoms with Crippen LogP contribution in [-0.4, -0.2) is 34.7 Å².